The van der Waals surface area contributed by atoms with Gasteiger partial charge >= 0.3 is 0 Å². The summed E-state index contributed by atoms with van der Waals surface area (Å²) in [4.78, 5) is 13.0. The number of hydrogen-bond acceptors (Lipinski definition) is 5. The fourth-order valence-electron chi connectivity index (χ4n) is 3.44. The number of hydrogen-bond donors (Lipinski definition) is 1. The molecule has 0 unspecified atom stereocenters. The molecule has 8 nitrogen and oxygen atoms in total. The quantitative estimate of drug-likeness (QED) is 0.706. The maximum absolute atomic E-state index is 13.0. The number of rotatable bonds is 6. The van der Waals surface area contributed by atoms with E-state index in [4.69, 9.17) is 0 Å². The van der Waals surface area contributed by atoms with Crippen LogP contribution in [-0.4, -0.2) is 58.5 Å². The number of para-hydroxylation sites is 1. The van der Waals surface area contributed by atoms with E-state index in [0.29, 0.717) is 18.7 Å². The van der Waals surface area contributed by atoms with Crippen molar-refractivity contribution in [2.45, 2.75) is 36.0 Å². The van der Waals surface area contributed by atoms with Gasteiger partial charge in [-0.25, -0.2) is 21.1 Å². The summed E-state index contributed by atoms with van der Waals surface area (Å²) in [5.41, 5.74) is 0.892. The highest BCUT2D eigenvalue weighted by atomic mass is 32.2. The van der Waals surface area contributed by atoms with Crippen LogP contribution in [0.3, 0.4) is 0 Å². The number of carbonyl (C=O) groups is 1. The van der Waals surface area contributed by atoms with Crippen molar-refractivity contribution < 1.29 is 21.6 Å². The molecule has 2 aromatic carbocycles. The largest absolute Gasteiger partial charge is 0.321 e. The van der Waals surface area contributed by atoms with Gasteiger partial charge in [-0.3, -0.25) is 4.79 Å². The van der Waals surface area contributed by atoms with Gasteiger partial charge in [0.05, 0.1) is 10.6 Å². The molecule has 0 aliphatic carbocycles. The SMILES string of the molecule is Cc1ccc(S(=O)(=O)N2CCCCC2)cc1C(=O)Nc1ccccc1S(=O)(=O)N(C)C. The molecule has 3 rings (SSSR count). The third-order valence-electron chi connectivity index (χ3n) is 5.30. The fraction of sp³-hybridized carbons (Fsp3) is 0.381. The maximum atomic E-state index is 13.0. The third kappa shape index (κ3) is 4.82. The van der Waals surface area contributed by atoms with E-state index in [1.54, 1.807) is 25.1 Å². The molecule has 168 valence electrons. The monoisotopic (exact) mass is 465 g/mol. The summed E-state index contributed by atoms with van der Waals surface area (Å²) in [6.45, 7) is 2.63. The molecule has 0 radical (unpaired) electrons. The summed E-state index contributed by atoms with van der Waals surface area (Å²) < 4.78 is 53.7. The first kappa shape index (κ1) is 23.4. The molecule has 0 atom stereocenters. The molecule has 0 aromatic heterocycles. The second-order valence-corrected chi connectivity index (χ2v) is 11.7. The van der Waals surface area contributed by atoms with Crippen molar-refractivity contribution in [3.63, 3.8) is 0 Å². The molecule has 2 aromatic rings. The molecule has 1 fully saturated rings. The summed E-state index contributed by atoms with van der Waals surface area (Å²) in [6.07, 6.45) is 2.63. The summed E-state index contributed by atoms with van der Waals surface area (Å²) in [7, 11) is -4.66. The lowest BCUT2D eigenvalue weighted by Gasteiger charge is -2.26. The van der Waals surface area contributed by atoms with Gasteiger partial charge in [-0.05, 0) is 49.6 Å². The highest BCUT2D eigenvalue weighted by Crippen LogP contribution is 2.26. The van der Waals surface area contributed by atoms with Crippen LogP contribution in [0.15, 0.2) is 52.3 Å². The van der Waals surface area contributed by atoms with Gasteiger partial charge in [0.25, 0.3) is 5.91 Å². The Morgan fingerprint density at radius 2 is 1.61 bits per heavy atom. The Balaban J connectivity index is 1.95. The summed E-state index contributed by atoms with van der Waals surface area (Å²) in [5.74, 6) is -0.574. The number of anilines is 1. The van der Waals surface area contributed by atoms with Gasteiger partial charge in [0.1, 0.15) is 4.90 Å². The molecule has 31 heavy (non-hydrogen) atoms. The van der Waals surface area contributed by atoms with E-state index in [0.717, 1.165) is 23.6 Å². The van der Waals surface area contributed by atoms with Crippen molar-refractivity contribution in [3.8, 4) is 0 Å². The van der Waals surface area contributed by atoms with Crippen LogP contribution in [0.2, 0.25) is 0 Å². The Kier molecular flexibility index (Phi) is 6.85. The molecule has 1 amide bonds. The first-order valence-electron chi connectivity index (χ1n) is 9.99. The van der Waals surface area contributed by atoms with Crippen molar-refractivity contribution in [1.29, 1.82) is 0 Å². The number of nitrogens with zero attached hydrogens (tertiary/aromatic N) is 2. The van der Waals surface area contributed by atoms with Crippen molar-refractivity contribution in [2.24, 2.45) is 0 Å². The van der Waals surface area contributed by atoms with Gasteiger partial charge in [0.2, 0.25) is 20.0 Å². The van der Waals surface area contributed by atoms with Crippen LogP contribution in [0.5, 0.6) is 0 Å². The number of sulfonamides is 2. The Hall–Kier alpha value is -2.27. The zero-order valence-corrected chi connectivity index (χ0v) is 19.5. The van der Waals surface area contributed by atoms with Gasteiger partial charge < -0.3 is 5.32 Å². The normalized spacial score (nSPS) is 15.7. The number of carbonyl (C=O) groups excluding carboxylic acids is 1. The minimum atomic E-state index is -3.78. The Bertz CT molecular complexity index is 1190. The van der Waals surface area contributed by atoms with Crippen LogP contribution in [0.1, 0.15) is 35.2 Å². The van der Waals surface area contributed by atoms with Crippen LogP contribution in [0.4, 0.5) is 5.69 Å². The molecule has 1 heterocycles. The zero-order chi connectivity index (χ0) is 22.8. The lowest BCUT2D eigenvalue weighted by Crippen LogP contribution is -2.35. The van der Waals surface area contributed by atoms with E-state index < -0.39 is 26.0 Å². The van der Waals surface area contributed by atoms with E-state index in [-0.39, 0.29) is 21.0 Å². The minimum absolute atomic E-state index is 0.0388. The first-order valence-corrected chi connectivity index (χ1v) is 12.9. The lowest BCUT2D eigenvalue weighted by atomic mass is 10.1. The highest BCUT2D eigenvalue weighted by Gasteiger charge is 2.27. The predicted molar refractivity (Wildman–Crippen MR) is 119 cm³/mol. The molecule has 1 N–H and O–H groups in total. The Morgan fingerprint density at radius 1 is 0.968 bits per heavy atom. The second-order valence-electron chi connectivity index (χ2n) is 7.68. The highest BCUT2D eigenvalue weighted by molar-refractivity contribution is 7.89. The average Bonchev–Trinajstić information content (AvgIpc) is 2.74. The van der Waals surface area contributed by atoms with Crippen LogP contribution < -0.4 is 5.32 Å². The van der Waals surface area contributed by atoms with Gasteiger partial charge in [0, 0.05) is 32.7 Å². The van der Waals surface area contributed by atoms with Crippen molar-refractivity contribution in [3.05, 3.63) is 53.6 Å². The number of amides is 1. The topological polar surface area (TPSA) is 104 Å². The minimum Gasteiger partial charge on any atom is -0.321 e. The predicted octanol–water partition coefficient (Wildman–Crippen LogP) is 2.67. The smallest absolute Gasteiger partial charge is 0.256 e. The Morgan fingerprint density at radius 3 is 2.26 bits per heavy atom. The van der Waals surface area contributed by atoms with Gasteiger partial charge in [0.15, 0.2) is 0 Å². The second kappa shape index (κ2) is 9.07. The zero-order valence-electron chi connectivity index (χ0n) is 17.8. The maximum Gasteiger partial charge on any atom is 0.256 e. The van der Waals surface area contributed by atoms with Crippen molar-refractivity contribution >= 4 is 31.6 Å². The van der Waals surface area contributed by atoms with E-state index in [1.807, 2.05) is 0 Å². The van der Waals surface area contributed by atoms with E-state index in [9.17, 15) is 21.6 Å². The van der Waals surface area contributed by atoms with Crippen LogP contribution >= 0.6 is 0 Å². The van der Waals surface area contributed by atoms with Crippen LogP contribution in [-0.2, 0) is 20.0 Å². The number of benzene rings is 2. The number of aryl methyl sites for hydroxylation is 1. The van der Waals surface area contributed by atoms with E-state index in [1.165, 1.54) is 42.7 Å². The Labute approximate surface area is 184 Å². The van der Waals surface area contributed by atoms with Crippen molar-refractivity contribution in [2.75, 3.05) is 32.5 Å². The molecule has 1 aliphatic rings. The van der Waals surface area contributed by atoms with Gasteiger partial charge in [-0.1, -0.05) is 24.6 Å². The molecular weight excluding hydrogens is 438 g/mol. The molecule has 1 aliphatic heterocycles. The molecule has 10 heteroatoms. The molecule has 1 saturated heterocycles. The molecule has 0 saturated carbocycles. The summed E-state index contributed by atoms with van der Waals surface area (Å²) >= 11 is 0. The summed E-state index contributed by atoms with van der Waals surface area (Å²) in [6, 6.07) is 10.6. The lowest BCUT2D eigenvalue weighted by molar-refractivity contribution is 0.102. The van der Waals surface area contributed by atoms with E-state index >= 15 is 0 Å². The summed E-state index contributed by atoms with van der Waals surface area (Å²) in [5, 5.41) is 2.63. The number of nitrogens with one attached hydrogen (secondary N) is 1. The first-order chi connectivity index (χ1) is 14.5. The third-order valence-corrected chi connectivity index (χ3v) is 9.07. The van der Waals surface area contributed by atoms with Crippen LogP contribution in [0.25, 0.3) is 0 Å². The standard InChI is InChI=1S/C21H27N3O5S2/c1-16-11-12-17(30(26,27)24-13-7-4-8-14-24)15-18(16)21(25)22-19-9-5-6-10-20(19)31(28,29)23(2)3/h5-6,9-12,15H,4,7-8,13-14H2,1-3H3,(H,22,25). The number of piperidine rings is 1. The van der Waals surface area contributed by atoms with Crippen molar-refractivity contribution in [1.82, 2.24) is 8.61 Å². The fourth-order valence-corrected chi connectivity index (χ4v) is 6.03. The van der Waals surface area contributed by atoms with Gasteiger partial charge in [-0.15, -0.1) is 0 Å². The van der Waals surface area contributed by atoms with Crippen LogP contribution in [0, 0.1) is 6.92 Å². The van der Waals surface area contributed by atoms with E-state index in [2.05, 4.69) is 5.32 Å². The van der Waals surface area contributed by atoms with Gasteiger partial charge in [-0.2, -0.15) is 4.31 Å². The molecule has 0 bridgehead atoms. The molecular formula is C21H27N3O5S2. The average molecular weight is 466 g/mol. The molecule has 0 spiro atoms.